The minimum atomic E-state index is -0.350. The third kappa shape index (κ3) is 1.66. The molecule has 0 bridgehead atoms. The minimum absolute atomic E-state index is 0.350. The van der Waals surface area contributed by atoms with E-state index in [4.69, 9.17) is 14.4 Å². The molecule has 0 spiro atoms. The first-order valence-corrected chi connectivity index (χ1v) is 3.91. The molecule has 1 aromatic rings. The molecule has 1 atom stereocenters. The Morgan fingerprint density at radius 3 is 3.17 bits per heavy atom. The highest BCUT2D eigenvalue weighted by atomic mass is 16.7. The second-order valence-corrected chi connectivity index (χ2v) is 2.90. The molecule has 12 heavy (non-hydrogen) atoms. The Hall–Kier alpha value is -0.840. The van der Waals surface area contributed by atoms with Gasteiger partial charge in [0, 0.05) is 5.56 Å². The molecule has 1 unspecified atom stereocenters. The maximum absolute atomic E-state index is 9.14. The summed E-state index contributed by atoms with van der Waals surface area (Å²) in [6, 6.07) is 1.88. The largest absolute Gasteiger partial charge is 0.472 e. The minimum Gasteiger partial charge on any atom is -0.472 e. The maximum Gasteiger partial charge on any atom is 0.0958 e. The van der Waals surface area contributed by atoms with E-state index in [0.29, 0.717) is 19.7 Å². The predicted molar refractivity (Wildman–Crippen MR) is 41.1 cm³/mol. The molecule has 4 nitrogen and oxygen atoms in total. The molecule has 1 aliphatic rings. The van der Waals surface area contributed by atoms with Crippen LogP contribution >= 0.6 is 0 Å². The van der Waals surface area contributed by atoms with Crippen molar-refractivity contribution in [3.8, 4) is 0 Å². The summed E-state index contributed by atoms with van der Waals surface area (Å²) >= 11 is 0. The quantitative estimate of drug-likeness (QED) is 0.695. The number of nitrogens with zero attached hydrogens (tertiary/aromatic N) is 1. The zero-order valence-corrected chi connectivity index (χ0v) is 6.64. The van der Waals surface area contributed by atoms with Crippen LogP contribution in [0, 0.1) is 0 Å². The first-order valence-electron chi connectivity index (χ1n) is 3.91. The predicted octanol–water partition coefficient (Wildman–Crippen LogP) is 0.388. The summed E-state index contributed by atoms with van der Waals surface area (Å²) in [7, 11) is 0. The van der Waals surface area contributed by atoms with E-state index in [0.717, 1.165) is 5.56 Å². The first-order chi connectivity index (χ1) is 5.84. The van der Waals surface area contributed by atoms with E-state index in [9.17, 15) is 0 Å². The van der Waals surface area contributed by atoms with Crippen molar-refractivity contribution in [1.29, 1.82) is 0 Å². The number of hydroxylamine groups is 2. The molecular formula is C8H11NO3. The number of rotatable bonds is 2. The average Bonchev–Trinajstić information content (AvgIpc) is 2.63. The first kappa shape index (κ1) is 7.79. The van der Waals surface area contributed by atoms with Crippen LogP contribution in [0.15, 0.2) is 23.0 Å². The van der Waals surface area contributed by atoms with Gasteiger partial charge in [-0.15, -0.1) is 0 Å². The molecule has 1 aliphatic heterocycles. The standard InChI is InChI=1S/C8H11NO3/c10-8-4-9(12-6-8)3-7-1-2-11-5-7/h1-2,5,8,10H,3-4,6H2. The van der Waals surface area contributed by atoms with Crippen LogP contribution in [0.5, 0.6) is 0 Å². The fourth-order valence-corrected chi connectivity index (χ4v) is 1.23. The van der Waals surface area contributed by atoms with E-state index in [1.54, 1.807) is 17.6 Å². The van der Waals surface area contributed by atoms with Crippen LogP contribution in [-0.2, 0) is 11.4 Å². The van der Waals surface area contributed by atoms with Crippen molar-refractivity contribution >= 4 is 0 Å². The number of hydrogen-bond acceptors (Lipinski definition) is 4. The van der Waals surface area contributed by atoms with Crippen LogP contribution in [0.25, 0.3) is 0 Å². The molecule has 0 amide bonds. The van der Waals surface area contributed by atoms with E-state index in [-0.39, 0.29) is 6.10 Å². The Kier molecular flexibility index (Phi) is 2.12. The summed E-state index contributed by atoms with van der Waals surface area (Å²) < 4.78 is 4.91. The smallest absolute Gasteiger partial charge is 0.0958 e. The normalized spacial score (nSPS) is 24.9. The topological polar surface area (TPSA) is 45.8 Å². The lowest BCUT2D eigenvalue weighted by molar-refractivity contribution is -0.118. The fraction of sp³-hybridized carbons (Fsp3) is 0.500. The van der Waals surface area contributed by atoms with E-state index in [1.807, 2.05) is 6.07 Å². The second kappa shape index (κ2) is 3.26. The average molecular weight is 169 g/mol. The Labute approximate surface area is 70.3 Å². The van der Waals surface area contributed by atoms with Crippen LogP contribution in [0.2, 0.25) is 0 Å². The molecule has 2 rings (SSSR count). The summed E-state index contributed by atoms with van der Waals surface area (Å²) in [6.45, 7) is 1.65. The van der Waals surface area contributed by atoms with Crippen molar-refractivity contribution in [1.82, 2.24) is 5.06 Å². The summed E-state index contributed by atoms with van der Waals surface area (Å²) in [5.41, 5.74) is 1.06. The molecule has 4 heteroatoms. The molecule has 1 saturated heterocycles. The van der Waals surface area contributed by atoms with Gasteiger partial charge in [0.2, 0.25) is 0 Å². The van der Waals surface area contributed by atoms with Gasteiger partial charge in [-0.3, -0.25) is 4.84 Å². The van der Waals surface area contributed by atoms with Gasteiger partial charge in [-0.25, -0.2) is 0 Å². The lowest BCUT2D eigenvalue weighted by atomic mass is 10.3. The van der Waals surface area contributed by atoms with Gasteiger partial charge in [-0.2, -0.15) is 5.06 Å². The van der Waals surface area contributed by atoms with Gasteiger partial charge in [0.15, 0.2) is 0 Å². The molecule has 1 aromatic heterocycles. The van der Waals surface area contributed by atoms with Crippen molar-refractivity contribution in [2.75, 3.05) is 13.2 Å². The van der Waals surface area contributed by atoms with Crippen LogP contribution < -0.4 is 0 Å². The van der Waals surface area contributed by atoms with E-state index in [2.05, 4.69) is 0 Å². The van der Waals surface area contributed by atoms with E-state index in [1.165, 1.54) is 0 Å². The van der Waals surface area contributed by atoms with Crippen LogP contribution in [-0.4, -0.2) is 29.4 Å². The molecule has 0 aliphatic carbocycles. The van der Waals surface area contributed by atoms with Crippen molar-refractivity contribution in [3.05, 3.63) is 24.2 Å². The number of aliphatic hydroxyl groups excluding tert-OH is 1. The van der Waals surface area contributed by atoms with Gasteiger partial charge in [-0.1, -0.05) is 0 Å². The van der Waals surface area contributed by atoms with Gasteiger partial charge in [0.25, 0.3) is 0 Å². The van der Waals surface area contributed by atoms with Crippen molar-refractivity contribution in [2.24, 2.45) is 0 Å². The highest BCUT2D eigenvalue weighted by Crippen LogP contribution is 2.11. The molecule has 0 radical (unpaired) electrons. The lowest BCUT2D eigenvalue weighted by Gasteiger charge is -2.10. The molecule has 1 fully saturated rings. The lowest BCUT2D eigenvalue weighted by Crippen LogP contribution is -2.20. The Balaban J connectivity index is 1.88. The summed E-state index contributed by atoms with van der Waals surface area (Å²) in [5.74, 6) is 0. The molecule has 1 N–H and O–H groups in total. The monoisotopic (exact) mass is 169 g/mol. The molecule has 66 valence electrons. The van der Waals surface area contributed by atoms with E-state index >= 15 is 0 Å². The number of aliphatic hydroxyl groups is 1. The van der Waals surface area contributed by atoms with Crippen molar-refractivity contribution < 1.29 is 14.4 Å². The molecule has 2 heterocycles. The number of hydrogen-bond donors (Lipinski definition) is 1. The molecule has 0 saturated carbocycles. The van der Waals surface area contributed by atoms with Crippen molar-refractivity contribution in [3.63, 3.8) is 0 Å². The summed E-state index contributed by atoms with van der Waals surface area (Å²) in [6.07, 6.45) is 2.95. The van der Waals surface area contributed by atoms with Crippen LogP contribution in [0.1, 0.15) is 5.56 Å². The molecular weight excluding hydrogens is 158 g/mol. The Morgan fingerprint density at radius 2 is 2.58 bits per heavy atom. The van der Waals surface area contributed by atoms with Crippen molar-refractivity contribution in [2.45, 2.75) is 12.6 Å². The van der Waals surface area contributed by atoms with Crippen LogP contribution in [0.3, 0.4) is 0 Å². The SMILES string of the molecule is OC1CON(Cc2ccoc2)C1. The Bertz CT molecular complexity index is 234. The number of β-amino-alcohol motifs (C(OH)–C–C–N with tert-alkyl or cyclic N) is 1. The zero-order valence-electron chi connectivity index (χ0n) is 6.64. The van der Waals surface area contributed by atoms with Gasteiger partial charge in [0.05, 0.1) is 38.3 Å². The molecule has 0 aromatic carbocycles. The fourth-order valence-electron chi connectivity index (χ4n) is 1.23. The Morgan fingerprint density at radius 1 is 1.67 bits per heavy atom. The van der Waals surface area contributed by atoms with Crippen LogP contribution in [0.4, 0.5) is 0 Å². The number of furan rings is 1. The van der Waals surface area contributed by atoms with Gasteiger partial charge in [0.1, 0.15) is 0 Å². The zero-order chi connectivity index (χ0) is 8.39. The van der Waals surface area contributed by atoms with Gasteiger partial charge >= 0.3 is 0 Å². The summed E-state index contributed by atoms with van der Waals surface area (Å²) in [5, 5.41) is 10.9. The van der Waals surface area contributed by atoms with Gasteiger partial charge in [-0.05, 0) is 6.07 Å². The van der Waals surface area contributed by atoms with Gasteiger partial charge < -0.3 is 9.52 Å². The second-order valence-electron chi connectivity index (χ2n) is 2.90. The van der Waals surface area contributed by atoms with E-state index < -0.39 is 0 Å². The third-order valence-corrected chi connectivity index (χ3v) is 1.80. The third-order valence-electron chi connectivity index (χ3n) is 1.80. The highest BCUT2D eigenvalue weighted by molar-refractivity contribution is 5.04. The maximum atomic E-state index is 9.14. The highest BCUT2D eigenvalue weighted by Gasteiger charge is 2.21. The summed E-state index contributed by atoms with van der Waals surface area (Å²) in [4.78, 5) is 5.18.